The quantitative estimate of drug-likeness (QED) is 0.755. The van der Waals surface area contributed by atoms with Crippen LogP contribution in [0.4, 0.5) is 9.93 Å². The van der Waals surface area contributed by atoms with Crippen molar-refractivity contribution in [1.29, 1.82) is 10.5 Å². The average Bonchev–Trinajstić information content (AvgIpc) is 3.18. The van der Waals surface area contributed by atoms with Crippen LogP contribution in [0, 0.1) is 22.8 Å². The molecule has 2 aliphatic heterocycles. The van der Waals surface area contributed by atoms with E-state index >= 15 is 0 Å². The molecule has 0 atom stereocenters. The second-order valence-corrected chi connectivity index (χ2v) is 7.00. The molecule has 4 rings (SSSR count). The van der Waals surface area contributed by atoms with E-state index in [0.29, 0.717) is 36.9 Å². The lowest BCUT2D eigenvalue weighted by atomic mass is 10.1. The molecule has 26 heavy (non-hydrogen) atoms. The van der Waals surface area contributed by atoms with Crippen molar-refractivity contribution in [2.75, 3.05) is 37.7 Å². The van der Waals surface area contributed by atoms with Gasteiger partial charge in [0.2, 0.25) is 0 Å². The summed E-state index contributed by atoms with van der Waals surface area (Å²) in [4.78, 5) is 21.4. The minimum atomic E-state index is -0.164. The van der Waals surface area contributed by atoms with Crippen LogP contribution < -0.4 is 4.90 Å². The van der Waals surface area contributed by atoms with Crippen LogP contribution in [-0.4, -0.2) is 58.8 Å². The van der Waals surface area contributed by atoms with Gasteiger partial charge < -0.3 is 0 Å². The minimum absolute atomic E-state index is 0.164. The fourth-order valence-corrected chi connectivity index (χ4v) is 4.00. The zero-order chi connectivity index (χ0) is 18.1. The third-order valence-corrected chi connectivity index (χ3v) is 5.52. The zero-order valence-electron chi connectivity index (χ0n) is 13.9. The van der Waals surface area contributed by atoms with Gasteiger partial charge in [-0.3, -0.25) is 9.80 Å². The molecule has 1 aromatic heterocycles. The lowest BCUT2D eigenvalue weighted by Gasteiger charge is -2.46. The van der Waals surface area contributed by atoms with E-state index in [4.69, 9.17) is 10.5 Å². The lowest BCUT2D eigenvalue weighted by molar-refractivity contribution is -0.0570. The molecule has 0 aliphatic carbocycles. The maximum Gasteiger partial charge on any atom is 0.342 e. The number of carbonyl (C=O) groups is 1. The van der Waals surface area contributed by atoms with E-state index in [1.807, 2.05) is 23.2 Å². The van der Waals surface area contributed by atoms with Crippen molar-refractivity contribution in [1.82, 2.24) is 19.9 Å². The van der Waals surface area contributed by atoms with Gasteiger partial charge in [-0.05, 0) is 17.7 Å². The molecule has 9 heteroatoms. The van der Waals surface area contributed by atoms with Gasteiger partial charge in [0.1, 0.15) is 6.67 Å². The van der Waals surface area contributed by atoms with Crippen molar-refractivity contribution in [3.8, 4) is 22.7 Å². The van der Waals surface area contributed by atoms with E-state index in [0.717, 1.165) is 10.4 Å². The first kappa shape index (κ1) is 16.3. The number of nitrogens with zero attached hydrogens (tertiary/aromatic N) is 7. The number of carbonyl (C=O) groups excluding carboxylic acids is 1. The Morgan fingerprint density at radius 2 is 2.00 bits per heavy atom. The maximum absolute atomic E-state index is 12.9. The van der Waals surface area contributed by atoms with Crippen LogP contribution in [0.5, 0.6) is 0 Å². The third kappa shape index (κ3) is 2.84. The van der Waals surface area contributed by atoms with Crippen molar-refractivity contribution in [3.63, 3.8) is 0 Å². The molecule has 0 N–H and O–H groups in total. The van der Waals surface area contributed by atoms with Crippen molar-refractivity contribution >= 4 is 22.5 Å². The predicted molar refractivity (Wildman–Crippen MR) is 95.6 cm³/mol. The van der Waals surface area contributed by atoms with Crippen LogP contribution in [0.2, 0.25) is 0 Å². The summed E-state index contributed by atoms with van der Waals surface area (Å²) >= 11 is 1.42. The highest BCUT2D eigenvalue weighted by atomic mass is 32.1. The minimum Gasteiger partial charge on any atom is -0.289 e. The maximum atomic E-state index is 12.9. The van der Waals surface area contributed by atoms with Crippen LogP contribution in [0.15, 0.2) is 30.5 Å². The molecular formula is C17H15N7OS. The molecule has 3 heterocycles. The number of rotatable bonds is 2. The first-order valence-corrected chi connectivity index (χ1v) is 8.96. The molecule has 2 aliphatic rings. The molecule has 2 fully saturated rings. The number of nitriles is 2. The topological polar surface area (TPSA) is 90.5 Å². The van der Waals surface area contributed by atoms with Gasteiger partial charge in [0, 0.05) is 32.4 Å². The van der Waals surface area contributed by atoms with Crippen molar-refractivity contribution < 1.29 is 4.79 Å². The highest BCUT2D eigenvalue weighted by Gasteiger charge is 2.37. The number of benzene rings is 1. The smallest absolute Gasteiger partial charge is 0.289 e. The number of anilines is 1. The Morgan fingerprint density at radius 3 is 2.81 bits per heavy atom. The van der Waals surface area contributed by atoms with E-state index < -0.39 is 0 Å². The molecule has 2 aromatic rings. The number of fused-ring (bicyclic) bond motifs is 1. The van der Waals surface area contributed by atoms with E-state index in [9.17, 15) is 4.79 Å². The molecular weight excluding hydrogens is 350 g/mol. The first-order chi connectivity index (χ1) is 12.7. The Balaban J connectivity index is 1.57. The zero-order valence-corrected chi connectivity index (χ0v) is 14.7. The number of hydrogen-bond acceptors (Lipinski definition) is 7. The molecule has 0 radical (unpaired) electrons. The molecule has 0 saturated carbocycles. The van der Waals surface area contributed by atoms with Crippen LogP contribution in [-0.2, 0) is 0 Å². The van der Waals surface area contributed by atoms with Crippen LogP contribution in [0.1, 0.15) is 5.56 Å². The average molecular weight is 365 g/mol. The largest absolute Gasteiger partial charge is 0.342 e. The molecule has 2 amide bonds. The number of aromatic nitrogens is 1. The standard InChI is InChI=1S/C17H15N7OS/c18-9-13-2-1-3-14(8-13)15-10-20-16(26-15)23-7-6-22-5-4-21(11-19)12-24(22)17(23)25/h1-3,8,10H,4-7,12H2. The molecule has 130 valence electrons. The van der Waals surface area contributed by atoms with Gasteiger partial charge in [0.15, 0.2) is 11.3 Å². The Bertz CT molecular complexity index is 928. The van der Waals surface area contributed by atoms with Gasteiger partial charge in [0.25, 0.3) is 0 Å². The number of amides is 2. The van der Waals surface area contributed by atoms with Gasteiger partial charge in [-0.15, -0.1) is 0 Å². The number of thiazole rings is 1. The summed E-state index contributed by atoms with van der Waals surface area (Å²) in [6.07, 6.45) is 3.83. The van der Waals surface area contributed by atoms with Gasteiger partial charge >= 0.3 is 6.03 Å². The van der Waals surface area contributed by atoms with E-state index in [1.165, 1.54) is 11.3 Å². The molecule has 0 bridgehead atoms. The SMILES string of the molecule is N#Cc1cccc(-c2cnc(N3CCN4CCN(C#N)CN4C3=O)s2)c1. The second kappa shape index (κ2) is 6.64. The van der Waals surface area contributed by atoms with Gasteiger partial charge in [0.05, 0.1) is 16.5 Å². The highest BCUT2D eigenvalue weighted by molar-refractivity contribution is 7.19. The van der Waals surface area contributed by atoms with Gasteiger partial charge in [-0.2, -0.15) is 10.5 Å². The monoisotopic (exact) mass is 365 g/mol. The summed E-state index contributed by atoms with van der Waals surface area (Å²) in [7, 11) is 0. The molecule has 8 nitrogen and oxygen atoms in total. The first-order valence-electron chi connectivity index (χ1n) is 8.14. The van der Waals surface area contributed by atoms with Gasteiger partial charge in [-0.1, -0.05) is 23.5 Å². The second-order valence-electron chi connectivity index (χ2n) is 5.99. The van der Waals surface area contributed by atoms with Crippen LogP contribution >= 0.6 is 11.3 Å². The van der Waals surface area contributed by atoms with Crippen molar-refractivity contribution in [3.05, 3.63) is 36.0 Å². The molecule has 2 saturated heterocycles. The summed E-state index contributed by atoms with van der Waals surface area (Å²) in [6.45, 7) is 2.85. The lowest BCUT2D eigenvalue weighted by Crippen LogP contribution is -2.65. The number of urea groups is 1. The van der Waals surface area contributed by atoms with E-state index in [2.05, 4.69) is 17.2 Å². The fraction of sp³-hybridized carbons (Fsp3) is 0.294. The Labute approximate surface area is 154 Å². The molecule has 1 aromatic carbocycles. The number of hydrogen-bond donors (Lipinski definition) is 0. The number of hydrazine groups is 1. The normalized spacial score (nSPS) is 17.6. The van der Waals surface area contributed by atoms with Crippen molar-refractivity contribution in [2.24, 2.45) is 0 Å². The summed E-state index contributed by atoms with van der Waals surface area (Å²) < 4.78 is 0. The summed E-state index contributed by atoms with van der Waals surface area (Å²) in [5, 5.41) is 22.4. The molecule has 0 unspecified atom stereocenters. The third-order valence-electron chi connectivity index (χ3n) is 4.45. The Morgan fingerprint density at radius 1 is 1.15 bits per heavy atom. The van der Waals surface area contributed by atoms with Crippen molar-refractivity contribution in [2.45, 2.75) is 0 Å². The van der Waals surface area contributed by atoms with Gasteiger partial charge in [-0.25, -0.2) is 19.8 Å². The summed E-state index contributed by atoms with van der Waals surface area (Å²) in [6, 6.07) is 9.29. The van der Waals surface area contributed by atoms with E-state index in [-0.39, 0.29) is 12.7 Å². The fourth-order valence-electron chi connectivity index (χ4n) is 3.07. The Hall–Kier alpha value is -3.14. The summed E-state index contributed by atoms with van der Waals surface area (Å²) in [5.41, 5.74) is 1.50. The van der Waals surface area contributed by atoms with Crippen LogP contribution in [0.25, 0.3) is 10.4 Å². The Kier molecular flexibility index (Phi) is 4.17. The van der Waals surface area contributed by atoms with Crippen LogP contribution in [0.3, 0.4) is 0 Å². The predicted octanol–water partition coefficient (Wildman–Crippen LogP) is 1.89. The van der Waals surface area contributed by atoms with E-state index in [1.54, 1.807) is 27.1 Å². The molecule has 0 spiro atoms. The summed E-state index contributed by atoms with van der Waals surface area (Å²) in [5.74, 6) is 0. The highest BCUT2D eigenvalue weighted by Crippen LogP contribution is 2.33.